The molecule has 3 aromatic carbocycles. The number of carbonyl (C=O) groups is 2. The minimum absolute atomic E-state index is 0.204. The van der Waals surface area contributed by atoms with Crippen molar-refractivity contribution in [2.75, 3.05) is 24.2 Å². The molecule has 0 aliphatic carbocycles. The van der Waals surface area contributed by atoms with Crippen molar-refractivity contribution in [2.24, 2.45) is 0 Å². The molecule has 2 aliphatic rings. The molecule has 2 heterocycles. The van der Waals surface area contributed by atoms with E-state index in [-0.39, 0.29) is 25.4 Å². The van der Waals surface area contributed by atoms with Gasteiger partial charge in [0.2, 0.25) is 25.4 Å². The zero-order valence-electron chi connectivity index (χ0n) is 17.9. The zero-order chi connectivity index (χ0) is 23.3. The van der Waals surface area contributed by atoms with E-state index in [1.807, 2.05) is 24.3 Å². The van der Waals surface area contributed by atoms with Crippen LogP contribution in [0.5, 0.6) is 23.0 Å². The molecule has 0 aromatic heterocycles. The number of benzene rings is 3. The molecule has 0 radical (unpaired) electrons. The molecule has 0 saturated heterocycles. The van der Waals surface area contributed by atoms with Crippen molar-refractivity contribution in [2.45, 2.75) is 0 Å². The summed E-state index contributed by atoms with van der Waals surface area (Å²) in [5, 5.41) is 5.56. The van der Waals surface area contributed by atoms with Gasteiger partial charge in [-0.2, -0.15) is 0 Å². The number of hydrogen-bond acceptors (Lipinski definition) is 6. The Balaban J connectivity index is 1.13. The second kappa shape index (κ2) is 9.41. The van der Waals surface area contributed by atoms with E-state index in [4.69, 9.17) is 18.9 Å². The summed E-state index contributed by atoms with van der Waals surface area (Å²) in [6.07, 6.45) is 6.26. The molecule has 3 aromatic rings. The Bertz CT molecular complexity index is 1200. The minimum Gasteiger partial charge on any atom is -0.454 e. The topological polar surface area (TPSA) is 95.1 Å². The van der Waals surface area contributed by atoms with Crippen LogP contribution >= 0.6 is 0 Å². The predicted molar refractivity (Wildman–Crippen MR) is 127 cm³/mol. The quantitative estimate of drug-likeness (QED) is 0.533. The van der Waals surface area contributed by atoms with Gasteiger partial charge in [-0.15, -0.1) is 0 Å². The molecule has 2 amide bonds. The highest BCUT2D eigenvalue weighted by atomic mass is 16.7. The highest BCUT2D eigenvalue weighted by molar-refractivity contribution is 6.03. The lowest BCUT2D eigenvalue weighted by molar-refractivity contribution is -0.112. The van der Waals surface area contributed by atoms with E-state index >= 15 is 0 Å². The number of anilines is 2. The summed E-state index contributed by atoms with van der Waals surface area (Å²) >= 11 is 0. The fourth-order valence-electron chi connectivity index (χ4n) is 3.38. The zero-order valence-corrected chi connectivity index (χ0v) is 17.9. The number of carbonyl (C=O) groups excluding carboxylic acids is 2. The van der Waals surface area contributed by atoms with Crippen molar-refractivity contribution in [3.63, 3.8) is 0 Å². The Hall–Kier alpha value is -4.72. The summed E-state index contributed by atoms with van der Waals surface area (Å²) < 4.78 is 21.2. The van der Waals surface area contributed by atoms with Gasteiger partial charge in [-0.05, 0) is 71.8 Å². The van der Waals surface area contributed by atoms with E-state index in [2.05, 4.69) is 10.6 Å². The van der Waals surface area contributed by atoms with Gasteiger partial charge >= 0.3 is 0 Å². The molecule has 0 fully saturated rings. The molecular weight excluding hydrogens is 436 g/mol. The molecule has 8 nitrogen and oxygen atoms in total. The second-order valence-corrected chi connectivity index (χ2v) is 7.45. The van der Waals surface area contributed by atoms with Gasteiger partial charge in [0.25, 0.3) is 0 Å². The minimum atomic E-state index is -0.277. The Kier molecular flexibility index (Phi) is 5.85. The largest absolute Gasteiger partial charge is 0.454 e. The fraction of sp³-hybridized carbons (Fsp3) is 0.0769. The molecule has 8 heteroatoms. The van der Waals surface area contributed by atoms with Crippen LogP contribution in [-0.4, -0.2) is 25.4 Å². The molecule has 170 valence electrons. The maximum atomic E-state index is 12.2. The van der Waals surface area contributed by atoms with Gasteiger partial charge in [0.1, 0.15) is 0 Å². The molecule has 0 spiro atoms. The third-order valence-electron chi connectivity index (χ3n) is 5.07. The normalized spacial score (nSPS) is 13.4. The molecule has 2 N–H and O–H groups in total. The standard InChI is InChI=1S/C26H20N2O6/c29-25(11-3-17-1-9-21-23(13-17)33-15-31-21)27-19-5-7-20(8-6-19)28-26(30)12-4-18-2-10-22-24(14-18)34-16-32-22/h1-14H,15-16H2,(H,27,29)(H,28,30)/b11-3+,12-4+. The third-order valence-corrected chi connectivity index (χ3v) is 5.07. The Labute approximate surface area is 195 Å². The second-order valence-electron chi connectivity index (χ2n) is 7.45. The van der Waals surface area contributed by atoms with E-state index in [0.29, 0.717) is 34.4 Å². The maximum Gasteiger partial charge on any atom is 0.248 e. The Morgan fingerprint density at radius 3 is 1.44 bits per heavy atom. The lowest BCUT2D eigenvalue weighted by Crippen LogP contribution is -2.09. The van der Waals surface area contributed by atoms with E-state index < -0.39 is 0 Å². The average molecular weight is 456 g/mol. The first-order valence-corrected chi connectivity index (χ1v) is 10.5. The van der Waals surface area contributed by atoms with Crippen molar-refractivity contribution < 1.29 is 28.5 Å². The van der Waals surface area contributed by atoms with Crippen molar-refractivity contribution in [3.8, 4) is 23.0 Å². The number of fused-ring (bicyclic) bond motifs is 2. The van der Waals surface area contributed by atoms with E-state index in [1.54, 1.807) is 48.6 Å². The monoisotopic (exact) mass is 456 g/mol. The number of hydrogen-bond donors (Lipinski definition) is 2. The number of rotatable bonds is 6. The van der Waals surface area contributed by atoms with Gasteiger partial charge in [-0.1, -0.05) is 12.1 Å². The van der Waals surface area contributed by atoms with Crippen LogP contribution in [0.15, 0.2) is 72.8 Å². The van der Waals surface area contributed by atoms with Crippen molar-refractivity contribution >= 4 is 35.3 Å². The van der Waals surface area contributed by atoms with Crippen molar-refractivity contribution in [1.82, 2.24) is 0 Å². The van der Waals surface area contributed by atoms with Gasteiger partial charge in [0.05, 0.1) is 0 Å². The molecule has 0 bridgehead atoms. The van der Waals surface area contributed by atoms with Crippen LogP contribution in [0.2, 0.25) is 0 Å². The van der Waals surface area contributed by atoms with Crippen LogP contribution in [0.25, 0.3) is 12.2 Å². The molecule has 5 rings (SSSR count). The van der Waals surface area contributed by atoms with Gasteiger partial charge in [-0.25, -0.2) is 0 Å². The molecule has 34 heavy (non-hydrogen) atoms. The summed E-state index contributed by atoms with van der Waals surface area (Å²) in [5.74, 6) is 2.15. The number of ether oxygens (including phenoxy) is 4. The van der Waals surface area contributed by atoms with Gasteiger partial charge in [-0.3, -0.25) is 9.59 Å². The molecule has 0 unspecified atom stereocenters. The predicted octanol–water partition coefficient (Wildman–Crippen LogP) is 4.45. The number of nitrogens with one attached hydrogen (secondary N) is 2. The smallest absolute Gasteiger partial charge is 0.248 e. The van der Waals surface area contributed by atoms with Crippen molar-refractivity contribution in [3.05, 3.63) is 83.9 Å². The highest BCUT2D eigenvalue weighted by Gasteiger charge is 2.13. The van der Waals surface area contributed by atoms with Crippen LogP contribution < -0.4 is 29.6 Å². The van der Waals surface area contributed by atoms with Crippen molar-refractivity contribution in [1.29, 1.82) is 0 Å². The first-order valence-electron chi connectivity index (χ1n) is 10.5. The number of amides is 2. The summed E-state index contributed by atoms with van der Waals surface area (Å²) in [6.45, 7) is 0.408. The van der Waals surface area contributed by atoms with Crippen LogP contribution in [0.4, 0.5) is 11.4 Å². The first kappa shape index (κ1) is 21.1. The summed E-state index contributed by atoms with van der Waals surface area (Å²) in [6, 6.07) is 17.8. The van der Waals surface area contributed by atoms with Gasteiger partial charge in [0, 0.05) is 23.5 Å². The first-order chi connectivity index (χ1) is 16.6. The van der Waals surface area contributed by atoms with Crippen LogP contribution in [-0.2, 0) is 9.59 Å². The van der Waals surface area contributed by atoms with Crippen LogP contribution in [0, 0.1) is 0 Å². The lowest BCUT2D eigenvalue weighted by Gasteiger charge is -2.05. The van der Waals surface area contributed by atoms with E-state index in [0.717, 1.165) is 11.1 Å². The average Bonchev–Trinajstić information content (AvgIpc) is 3.51. The van der Waals surface area contributed by atoms with E-state index in [1.165, 1.54) is 12.2 Å². The molecule has 2 aliphatic heterocycles. The lowest BCUT2D eigenvalue weighted by atomic mass is 10.2. The maximum absolute atomic E-state index is 12.2. The van der Waals surface area contributed by atoms with Gasteiger partial charge in [0.15, 0.2) is 23.0 Å². The van der Waals surface area contributed by atoms with Crippen LogP contribution in [0.1, 0.15) is 11.1 Å². The SMILES string of the molecule is O=C(/C=C/c1ccc2c(c1)OCO2)Nc1ccc(NC(=O)/C=C/c2ccc3c(c2)OCO3)cc1. The van der Waals surface area contributed by atoms with E-state index in [9.17, 15) is 9.59 Å². The van der Waals surface area contributed by atoms with Gasteiger partial charge < -0.3 is 29.6 Å². The molecule has 0 saturated carbocycles. The molecule has 0 atom stereocenters. The van der Waals surface area contributed by atoms with Crippen LogP contribution in [0.3, 0.4) is 0 Å². The third kappa shape index (κ3) is 5.02. The summed E-state index contributed by atoms with van der Waals surface area (Å²) in [4.78, 5) is 24.4. The summed E-state index contributed by atoms with van der Waals surface area (Å²) in [7, 11) is 0. The highest BCUT2D eigenvalue weighted by Crippen LogP contribution is 2.33. The molecular formula is C26H20N2O6. The Morgan fingerprint density at radius 2 is 1.00 bits per heavy atom. The summed E-state index contributed by atoms with van der Waals surface area (Å²) in [5.41, 5.74) is 2.86. The fourth-order valence-corrected chi connectivity index (χ4v) is 3.38. The Morgan fingerprint density at radius 1 is 0.588 bits per heavy atom.